The molecule has 4 nitrogen and oxygen atoms in total. The summed E-state index contributed by atoms with van der Waals surface area (Å²) in [5.74, 6) is 0.888. The summed E-state index contributed by atoms with van der Waals surface area (Å²) in [5.41, 5.74) is 1.27. The van der Waals surface area contributed by atoms with Crippen LogP contribution in [-0.4, -0.2) is 39.6 Å². The molecule has 0 aliphatic carbocycles. The smallest absolute Gasteiger partial charge is 0.119 e. The van der Waals surface area contributed by atoms with Gasteiger partial charge in [-0.2, -0.15) is 0 Å². The highest BCUT2D eigenvalue weighted by Crippen LogP contribution is 2.12. The standard InChI is InChI=1S/C16H27NO3/c1-14(2)17-13-15-5-7-16(8-6-15)20-12-11-19-10-4-9-18-3/h5-8,14,17H,4,9-13H2,1-3H3. The van der Waals surface area contributed by atoms with Crippen molar-refractivity contribution in [1.29, 1.82) is 0 Å². The number of benzene rings is 1. The highest BCUT2D eigenvalue weighted by molar-refractivity contribution is 5.27. The fourth-order valence-corrected chi connectivity index (χ4v) is 1.65. The number of rotatable bonds is 11. The van der Waals surface area contributed by atoms with Crippen LogP contribution < -0.4 is 10.1 Å². The molecule has 0 atom stereocenters. The second-order valence-electron chi connectivity index (χ2n) is 4.99. The minimum Gasteiger partial charge on any atom is -0.491 e. The molecule has 1 aromatic carbocycles. The molecular weight excluding hydrogens is 254 g/mol. The second-order valence-corrected chi connectivity index (χ2v) is 4.99. The molecule has 0 aromatic heterocycles. The average Bonchev–Trinajstić information content (AvgIpc) is 2.45. The molecule has 0 spiro atoms. The molecule has 20 heavy (non-hydrogen) atoms. The number of ether oxygens (including phenoxy) is 3. The summed E-state index contributed by atoms with van der Waals surface area (Å²) in [4.78, 5) is 0. The Balaban J connectivity index is 2.12. The van der Waals surface area contributed by atoms with Crippen LogP contribution in [0.2, 0.25) is 0 Å². The second kappa shape index (κ2) is 10.7. The zero-order valence-corrected chi connectivity index (χ0v) is 12.9. The van der Waals surface area contributed by atoms with Crippen LogP contribution in [0.1, 0.15) is 25.8 Å². The van der Waals surface area contributed by atoms with Crippen LogP contribution in [0, 0.1) is 0 Å². The van der Waals surface area contributed by atoms with E-state index >= 15 is 0 Å². The first-order valence-corrected chi connectivity index (χ1v) is 7.24. The molecule has 1 aromatic rings. The summed E-state index contributed by atoms with van der Waals surface area (Å²) in [5, 5.41) is 3.39. The molecule has 0 unspecified atom stereocenters. The van der Waals surface area contributed by atoms with E-state index in [-0.39, 0.29) is 0 Å². The number of hydrogen-bond acceptors (Lipinski definition) is 4. The molecule has 114 valence electrons. The van der Waals surface area contributed by atoms with E-state index in [1.807, 2.05) is 12.1 Å². The van der Waals surface area contributed by atoms with E-state index in [1.165, 1.54) is 5.56 Å². The number of hydrogen-bond donors (Lipinski definition) is 1. The SMILES string of the molecule is COCCCOCCOc1ccc(CNC(C)C)cc1. The summed E-state index contributed by atoms with van der Waals surface area (Å²) >= 11 is 0. The first-order chi connectivity index (χ1) is 9.72. The molecule has 4 heteroatoms. The third kappa shape index (κ3) is 8.15. The molecule has 0 radical (unpaired) electrons. The first kappa shape index (κ1) is 17.0. The molecule has 0 fully saturated rings. The number of methoxy groups -OCH3 is 1. The van der Waals surface area contributed by atoms with E-state index in [2.05, 4.69) is 31.3 Å². The molecule has 0 saturated heterocycles. The zero-order chi connectivity index (χ0) is 14.6. The predicted octanol–water partition coefficient (Wildman–Crippen LogP) is 2.62. The van der Waals surface area contributed by atoms with Crippen LogP contribution >= 0.6 is 0 Å². The minimum absolute atomic E-state index is 0.501. The van der Waals surface area contributed by atoms with Crippen molar-refractivity contribution in [1.82, 2.24) is 5.32 Å². The van der Waals surface area contributed by atoms with Gasteiger partial charge in [0, 0.05) is 32.9 Å². The fraction of sp³-hybridized carbons (Fsp3) is 0.625. The molecule has 0 aliphatic rings. The summed E-state index contributed by atoms with van der Waals surface area (Å²) in [6.45, 7) is 7.83. The maximum Gasteiger partial charge on any atom is 0.119 e. The maximum absolute atomic E-state index is 5.62. The Bertz CT molecular complexity index is 338. The molecular formula is C16H27NO3. The topological polar surface area (TPSA) is 39.7 Å². The van der Waals surface area contributed by atoms with Gasteiger partial charge in [-0.25, -0.2) is 0 Å². The maximum atomic E-state index is 5.62. The normalized spacial score (nSPS) is 11.0. The van der Waals surface area contributed by atoms with E-state index in [4.69, 9.17) is 14.2 Å². The Kier molecular flexibility index (Phi) is 9.04. The summed E-state index contributed by atoms with van der Waals surface area (Å²) in [7, 11) is 1.70. The van der Waals surface area contributed by atoms with Crippen LogP contribution in [0.3, 0.4) is 0 Å². The molecule has 0 amide bonds. The Morgan fingerprint density at radius 2 is 1.75 bits per heavy atom. The first-order valence-electron chi connectivity index (χ1n) is 7.24. The van der Waals surface area contributed by atoms with Crippen molar-refractivity contribution < 1.29 is 14.2 Å². The minimum atomic E-state index is 0.501. The van der Waals surface area contributed by atoms with Gasteiger partial charge in [0.2, 0.25) is 0 Å². The van der Waals surface area contributed by atoms with Gasteiger partial charge in [0.25, 0.3) is 0 Å². The van der Waals surface area contributed by atoms with Gasteiger partial charge in [-0.05, 0) is 24.1 Å². The lowest BCUT2D eigenvalue weighted by Gasteiger charge is -2.10. The van der Waals surface area contributed by atoms with Crippen molar-refractivity contribution in [3.8, 4) is 5.75 Å². The average molecular weight is 281 g/mol. The molecule has 0 heterocycles. The summed E-state index contributed by atoms with van der Waals surface area (Å²) < 4.78 is 16.0. The van der Waals surface area contributed by atoms with Gasteiger partial charge in [-0.1, -0.05) is 26.0 Å². The van der Waals surface area contributed by atoms with Crippen LogP contribution in [0.15, 0.2) is 24.3 Å². The van der Waals surface area contributed by atoms with Crippen LogP contribution in [0.5, 0.6) is 5.75 Å². The fourth-order valence-electron chi connectivity index (χ4n) is 1.65. The van der Waals surface area contributed by atoms with Gasteiger partial charge < -0.3 is 19.5 Å². The van der Waals surface area contributed by atoms with Crippen LogP contribution in [-0.2, 0) is 16.0 Å². The monoisotopic (exact) mass is 281 g/mol. The van der Waals surface area contributed by atoms with Crippen molar-refractivity contribution in [2.45, 2.75) is 32.9 Å². The van der Waals surface area contributed by atoms with Crippen molar-refractivity contribution in [3.05, 3.63) is 29.8 Å². The molecule has 0 aliphatic heterocycles. The van der Waals surface area contributed by atoms with Crippen molar-refractivity contribution >= 4 is 0 Å². The Morgan fingerprint density at radius 3 is 2.40 bits per heavy atom. The van der Waals surface area contributed by atoms with E-state index < -0.39 is 0 Å². The highest BCUT2D eigenvalue weighted by atomic mass is 16.5. The highest BCUT2D eigenvalue weighted by Gasteiger charge is 1.97. The lowest BCUT2D eigenvalue weighted by atomic mass is 10.2. The Hall–Kier alpha value is -1.10. The predicted molar refractivity (Wildman–Crippen MR) is 81.2 cm³/mol. The largest absolute Gasteiger partial charge is 0.491 e. The molecule has 0 saturated carbocycles. The van der Waals surface area contributed by atoms with Gasteiger partial charge in [0.1, 0.15) is 12.4 Å². The van der Waals surface area contributed by atoms with Gasteiger partial charge in [-0.15, -0.1) is 0 Å². The Labute approximate surface area is 122 Å². The van der Waals surface area contributed by atoms with Gasteiger partial charge in [0.05, 0.1) is 6.61 Å². The molecule has 1 rings (SSSR count). The summed E-state index contributed by atoms with van der Waals surface area (Å²) in [6.07, 6.45) is 0.925. The van der Waals surface area contributed by atoms with E-state index in [1.54, 1.807) is 7.11 Å². The number of nitrogens with one attached hydrogen (secondary N) is 1. The zero-order valence-electron chi connectivity index (χ0n) is 12.9. The van der Waals surface area contributed by atoms with Crippen LogP contribution in [0.4, 0.5) is 0 Å². The quantitative estimate of drug-likeness (QED) is 0.633. The van der Waals surface area contributed by atoms with Gasteiger partial charge in [-0.3, -0.25) is 0 Å². The third-order valence-electron chi connectivity index (χ3n) is 2.77. The van der Waals surface area contributed by atoms with Crippen molar-refractivity contribution in [2.24, 2.45) is 0 Å². The van der Waals surface area contributed by atoms with E-state index in [0.29, 0.717) is 19.3 Å². The van der Waals surface area contributed by atoms with Gasteiger partial charge in [0.15, 0.2) is 0 Å². The van der Waals surface area contributed by atoms with Crippen LogP contribution in [0.25, 0.3) is 0 Å². The molecule has 0 bridgehead atoms. The lowest BCUT2D eigenvalue weighted by Crippen LogP contribution is -2.21. The van der Waals surface area contributed by atoms with E-state index in [9.17, 15) is 0 Å². The third-order valence-corrected chi connectivity index (χ3v) is 2.77. The molecule has 1 N–H and O–H groups in total. The van der Waals surface area contributed by atoms with Crippen molar-refractivity contribution in [2.75, 3.05) is 33.5 Å². The Morgan fingerprint density at radius 1 is 1.00 bits per heavy atom. The lowest BCUT2D eigenvalue weighted by molar-refractivity contribution is 0.0806. The summed E-state index contributed by atoms with van der Waals surface area (Å²) in [6, 6.07) is 8.68. The van der Waals surface area contributed by atoms with Crippen molar-refractivity contribution in [3.63, 3.8) is 0 Å². The van der Waals surface area contributed by atoms with Gasteiger partial charge >= 0.3 is 0 Å². The van der Waals surface area contributed by atoms with E-state index in [0.717, 1.165) is 31.9 Å².